The van der Waals surface area contributed by atoms with Gasteiger partial charge in [-0.05, 0) is 85.4 Å². The van der Waals surface area contributed by atoms with Crippen LogP contribution in [0.2, 0.25) is 0 Å². The highest BCUT2D eigenvalue weighted by atomic mass is 16.1. The van der Waals surface area contributed by atoms with E-state index in [0.717, 1.165) is 59.1 Å². The fourth-order valence-corrected chi connectivity index (χ4v) is 6.06. The predicted molar refractivity (Wildman–Crippen MR) is 163 cm³/mol. The van der Waals surface area contributed by atoms with Gasteiger partial charge in [-0.15, -0.1) is 10.2 Å². The molecule has 0 bridgehead atoms. The molecule has 5 aromatic rings. The first kappa shape index (κ1) is 27.4. The van der Waals surface area contributed by atoms with E-state index in [-0.39, 0.29) is 11.7 Å². The van der Waals surface area contributed by atoms with Crippen molar-refractivity contribution in [3.63, 3.8) is 0 Å². The summed E-state index contributed by atoms with van der Waals surface area (Å²) in [5.41, 5.74) is 6.55. The molecule has 0 aliphatic heterocycles. The van der Waals surface area contributed by atoms with Gasteiger partial charge in [0.05, 0.1) is 11.1 Å². The minimum Gasteiger partial charge on any atom is -0.322 e. The fraction of sp³-hybridized carbons (Fsp3) is 0.294. The fourth-order valence-electron chi connectivity index (χ4n) is 6.06. The zero-order chi connectivity index (χ0) is 28.9. The zero-order valence-corrected chi connectivity index (χ0v) is 23.7. The molecule has 0 spiro atoms. The number of anilines is 1. The highest BCUT2D eigenvalue weighted by molar-refractivity contribution is 6.12. The summed E-state index contributed by atoms with van der Waals surface area (Å²) in [5, 5.41) is 17.7. The number of carbonyl (C=O) groups is 2. The average Bonchev–Trinajstić information content (AvgIpc) is 3.54. The Hall–Kier alpha value is -4.72. The Labute approximate surface area is 245 Å². The van der Waals surface area contributed by atoms with Gasteiger partial charge in [0.1, 0.15) is 5.78 Å². The number of para-hydroxylation sites is 1. The number of Topliss-reactive ketones (excluding diaryl/α,β-unsaturated/α-hetero) is 1. The number of hydrogen-bond donors (Lipinski definition) is 2. The summed E-state index contributed by atoms with van der Waals surface area (Å²) in [6.45, 7) is 1.92. The summed E-state index contributed by atoms with van der Waals surface area (Å²) < 4.78 is 0. The van der Waals surface area contributed by atoms with E-state index in [2.05, 4.69) is 62.3 Å². The number of pyridine rings is 1. The van der Waals surface area contributed by atoms with Crippen LogP contribution in [-0.2, 0) is 11.2 Å². The van der Waals surface area contributed by atoms with Crippen molar-refractivity contribution >= 4 is 28.3 Å². The number of amides is 1. The van der Waals surface area contributed by atoms with Gasteiger partial charge >= 0.3 is 0 Å². The van der Waals surface area contributed by atoms with Crippen LogP contribution in [0.25, 0.3) is 22.0 Å². The molecule has 0 saturated heterocycles. The Bertz CT molecular complexity index is 1680. The molecule has 0 radical (unpaired) electrons. The highest BCUT2D eigenvalue weighted by Gasteiger charge is 2.24. The lowest BCUT2D eigenvalue weighted by Gasteiger charge is -2.28. The van der Waals surface area contributed by atoms with Gasteiger partial charge in [0.25, 0.3) is 5.91 Å². The monoisotopic (exact) mass is 558 g/mol. The van der Waals surface area contributed by atoms with E-state index < -0.39 is 0 Å². The SMILES string of the molecule is Cc1cc(C(=O)Nc2ccccc2)c2ccc(-c3ccc(C4CCC(CC(=O)CCc5nn[nH]n5)CC4)cc3)cc2n1. The van der Waals surface area contributed by atoms with Crippen molar-refractivity contribution in [2.24, 2.45) is 5.92 Å². The molecule has 0 unspecified atom stereocenters. The van der Waals surface area contributed by atoms with Crippen LogP contribution in [-0.4, -0.2) is 37.3 Å². The number of nitrogens with one attached hydrogen (secondary N) is 2. The Morgan fingerprint density at radius 3 is 2.40 bits per heavy atom. The number of nitrogens with zero attached hydrogens (tertiary/aromatic N) is 4. The molecule has 8 heteroatoms. The largest absolute Gasteiger partial charge is 0.322 e. The van der Waals surface area contributed by atoms with Gasteiger partial charge in [0.15, 0.2) is 5.82 Å². The molecule has 1 fully saturated rings. The van der Waals surface area contributed by atoms with E-state index in [9.17, 15) is 9.59 Å². The summed E-state index contributed by atoms with van der Waals surface area (Å²) in [4.78, 5) is 30.3. The number of carbonyl (C=O) groups excluding carboxylic acids is 2. The molecule has 42 heavy (non-hydrogen) atoms. The smallest absolute Gasteiger partial charge is 0.256 e. The lowest BCUT2D eigenvalue weighted by Crippen LogP contribution is -2.17. The summed E-state index contributed by atoms with van der Waals surface area (Å²) in [7, 11) is 0. The van der Waals surface area contributed by atoms with Crippen molar-refractivity contribution in [2.75, 3.05) is 5.32 Å². The Balaban J connectivity index is 1.09. The molecule has 212 valence electrons. The van der Waals surface area contributed by atoms with Crippen molar-refractivity contribution < 1.29 is 9.59 Å². The Morgan fingerprint density at radius 2 is 1.67 bits per heavy atom. The molecule has 1 aliphatic carbocycles. The number of H-pyrrole nitrogens is 1. The number of aryl methyl sites for hydroxylation is 2. The van der Waals surface area contributed by atoms with E-state index >= 15 is 0 Å². The second-order valence-electron chi connectivity index (χ2n) is 11.3. The van der Waals surface area contributed by atoms with E-state index in [1.807, 2.05) is 49.4 Å². The molecule has 2 heterocycles. The van der Waals surface area contributed by atoms with Crippen LogP contribution in [0.3, 0.4) is 0 Å². The molecule has 3 aromatic carbocycles. The molecular formula is C34H34N6O2. The minimum atomic E-state index is -0.142. The first-order chi connectivity index (χ1) is 20.5. The normalized spacial score (nSPS) is 16.8. The van der Waals surface area contributed by atoms with Gasteiger partial charge in [-0.2, -0.15) is 5.21 Å². The van der Waals surface area contributed by atoms with Crippen molar-refractivity contribution in [1.82, 2.24) is 25.6 Å². The molecule has 1 saturated carbocycles. The van der Waals surface area contributed by atoms with Crippen molar-refractivity contribution in [3.05, 3.63) is 102 Å². The second kappa shape index (κ2) is 12.4. The van der Waals surface area contributed by atoms with Gasteiger partial charge in [-0.3, -0.25) is 14.6 Å². The highest BCUT2D eigenvalue weighted by Crippen LogP contribution is 2.38. The maximum absolute atomic E-state index is 13.1. The van der Waals surface area contributed by atoms with Gasteiger partial charge in [0, 0.05) is 36.0 Å². The number of aromatic nitrogens is 5. The molecule has 0 atom stereocenters. The van der Waals surface area contributed by atoms with Crippen LogP contribution in [0.5, 0.6) is 0 Å². The van der Waals surface area contributed by atoms with E-state index in [4.69, 9.17) is 4.98 Å². The Morgan fingerprint density at radius 1 is 0.905 bits per heavy atom. The molecular weight excluding hydrogens is 524 g/mol. The first-order valence-corrected chi connectivity index (χ1v) is 14.6. The number of fused-ring (bicyclic) bond motifs is 1. The molecule has 1 aliphatic rings. The maximum Gasteiger partial charge on any atom is 0.256 e. The van der Waals surface area contributed by atoms with Crippen molar-refractivity contribution in [1.29, 1.82) is 0 Å². The first-order valence-electron chi connectivity index (χ1n) is 14.6. The molecule has 6 rings (SSSR count). The van der Waals surface area contributed by atoms with Gasteiger partial charge < -0.3 is 5.32 Å². The van der Waals surface area contributed by atoms with Crippen LogP contribution in [0.1, 0.15) is 71.9 Å². The van der Waals surface area contributed by atoms with Crippen LogP contribution >= 0.6 is 0 Å². The number of hydrogen-bond acceptors (Lipinski definition) is 6. The van der Waals surface area contributed by atoms with E-state index in [0.29, 0.717) is 42.5 Å². The van der Waals surface area contributed by atoms with Crippen LogP contribution in [0.4, 0.5) is 5.69 Å². The number of ketones is 1. The summed E-state index contributed by atoms with van der Waals surface area (Å²) in [5.74, 6) is 1.73. The number of rotatable bonds is 9. The standard InChI is InChI=1S/C34H34N6O2/c1-22-19-31(34(42)36-28-5-3-2-4-6-28)30-17-15-27(21-32(30)35-22)26-13-11-25(12-14-26)24-9-7-23(8-10-24)20-29(41)16-18-33-37-39-40-38-33/h2-6,11-15,17,19,21,23-24H,7-10,16,18,20H2,1H3,(H,36,42)(H,37,38,39,40). The number of aromatic amines is 1. The van der Waals surface area contributed by atoms with E-state index in [1.54, 1.807) is 0 Å². The number of tetrazole rings is 1. The minimum absolute atomic E-state index is 0.142. The zero-order valence-electron chi connectivity index (χ0n) is 23.7. The third-order valence-electron chi connectivity index (χ3n) is 8.31. The quantitative estimate of drug-likeness (QED) is 0.205. The van der Waals surface area contributed by atoms with Gasteiger partial charge in [-0.1, -0.05) is 59.8 Å². The summed E-state index contributed by atoms with van der Waals surface area (Å²) >= 11 is 0. The van der Waals surface area contributed by atoms with Crippen LogP contribution in [0.15, 0.2) is 78.9 Å². The van der Waals surface area contributed by atoms with Gasteiger partial charge in [0.2, 0.25) is 0 Å². The van der Waals surface area contributed by atoms with Crippen molar-refractivity contribution in [2.45, 2.75) is 57.8 Å². The third-order valence-corrected chi connectivity index (χ3v) is 8.31. The number of benzene rings is 3. The predicted octanol–water partition coefficient (Wildman–Crippen LogP) is 6.84. The molecule has 1 amide bonds. The molecule has 8 nitrogen and oxygen atoms in total. The second-order valence-corrected chi connectivity index (χ2v) is 11.3. The molecule has 2 N–H and O–H groups in total. The Kier molecular flexibility index (Phi) is 8.12. The molecule has 2 aromatic heterocycles. The van der Waals surface area contributed by atoms with Crippen molar-refractivity contribution in [3.8, 4) is 11.1 Å². The van der Waals surface area contributed by atoms with Crippen LogP contribution < -0.4 is 5.32 Å². The van der Waals surface area contributed by atoms with Gasteiger partial charge in [-0.25, -0.2) is 0 Å². The lowest BCUT2D eigenvalue weighted by molar-refractivity contribution is -0.120. The van der Waals surface area contributed by atoms with Crippen LogP contribution in [0, 0.1) is 12.8 Å². The third kappa shape index (κ3) is 6.43. The topological polar surface area (TPSA) is 114 Å². The average molecular weight is 559 g/mol. The summed E-state index contributed by atoms with van der Waals surface area (Å²) in [6, 6.07) is 26.3. The van der Waals surface area contributed by atoms with E-state index in [1.165, 1.54) is 5.56 Å². The summed E-state index contributed by atoms with van der Waals surface area (Å²) in [6.07, 6.45) is 6.05. The lowest BCUT2D eigenvalue weighted by atomic mass is 9.76. The maximum atomic E-state index is 13.1.